The van der Waals surface area contributed by atoms with Crippen LogP contribution in [0.4, 0.5) is 10.5 Å². The molecule has 1 atom stereocenters. The predicted octanol–water partition coefficient (Wildman–Crippen LogP) is 8.71. The molecule has 0 saturated heterocycles. The van der Waals surface area contributed by atoms with Crippen LogP contribution in [0, 0.1) is 0 Å². The standard InChI is InChI=1S/C29H33BrN2O/c1-3-4-7-15-25(20-24-13-8-5-9-14-24)22-32(23(2)26-16-10-6-11-17-26)29(33)31-28-19-12-18-27(30)21-28/h5-6,8-14,16-21,23H,3-4,7,15,22H2,1-2H3,(H,31,33)/b25-20+. The Morgan fingerprint density at radius 2 is 1.67 bits per heavy atom. The highest BCUT2D eigenvalue weighted by molar-refractivity contribution is 9.10. The van der Waals surface area contributed by atoms with Gasteiger partial charge in [0.1, 0.15) is 0 Å². The molecule has 0 saturated carbocycles. The molecule has 33 heavy (non-hydrogen) atoms. The second-order valence-electron chi connectivity index (χ2n) is 8.33. The number of hydrogen-bond donors (Lipinski definition) is 1. The molecule has 4 heteroatoms. The minimum atomic E-state index is -0.0982. The third-order valence-electron chi connectivity index (χ3n) is 5.73. The van der Waals surface area contributed by atoms with Gasteiger partial charge in [-0.05, 0) is 49.1 Å². The van der Waals surface area contributed by atoms with Crippen LogP contribution >= 0.6 is 15.9 Å². The quantitative estimate of drug-likeness (QED) is 0.275. The molecule has 172 valence electrons. The number of rotatable bonds is 10. The van der Waals surface area contributed by atoms with E-state index in [1.807, 2.05) is 53.4 Å². The van der Waals surface area contributed by atoms with Gasteiger partial charge in [0.2, 0.25) is 0 Å². The zero-order valence-electron chi connectivity index (χ0n) is 19.5. The molecule has 0 bridgehead atoms. The summed E-state index contributed by atoms with van der Waals surface area (Å²) in [4.78, 5) is 15.5. The van der Waals surface area contributed by atoms with E-state index in [0.717, 1.165) is 28.6 Å². The maximum atomic E-state index is 13.5. The molecule has 3 nitrogen and oxygen atoms in total. The lowest BCUT2D eigenvalue weighted by atomic mass is 10.0. The van der Waals surface area contributed by atoms with E-state index < -0.39 is 0 Å². The van der Waals surface area contributed by atoms with Crippen molar-refractivity contribution >= 4 is 33.7 Å². The fourth-order valence-corrected chi connectivity index (χ4v) is 4.26. The van der Waals surface area contributed by atoms with E-state index in [9.17, 15) is 4.79 Å². The molecule has 3 rings (SSSR count). The molecule has 1 unspecified atom stereocenters. The van der Waals surface area contributed by atoms with Crippen molar-refractivity contribution in [3.05, 3.63) is 106 Å². The molecule has 0 aliphatic heterocycles. The van der Waals surface area contributed by atoms with Crippen molar-refractivity contribution in [2.75, 3.05) is 11.9 Å². The molecule has 2 amide bonds. The van der Waals surface area contributed by atoms with Gasteiger partial charge in [0.05, 0.1) is 6.04 Å². The van der Waals surface area contributed by atoms with Crippen LogP contribution in [0.1, 0.15) is 56.7 Å². The highest BCUT2D eigenvalue weighted by atomic mass is 79.9. The summed E-state index contributed by atoms with van der Waals surface area (Å²) >= 11 is 3.49. The number of benzene rings is 3. The Labute approximate surface area is 206 Å². The summed E-state index contributed by atoms with van der Waals surface area (Å²) in [5.74, 6) is 0. The first kappa shape index (κ1) is 24.8. The molecule has 0 aliphatic rings. The fraction of sp³-hybridized carbons (Fsp3) is 0.276. The first-order chi connectivity index (χ1) is 16.1. The zero-order chi connectivity index (χ0) is 23.5. The van der Waals surface area contributed by atoms with Gasteiger partial charge in [-0.15, -0.1) is 0 Å². The normalized spacial score (nSPS) is 12.3. The highest BCUT2D eigenvalue weighted by Gasteiger charge is 2.23. The number of amides is 2. The molecular weight excluding hydrogens is 472 g/mol. The van der Waals surface area contributed by atoms with Gasteiger partial charge in [-0.25, -0.2) is 4.79 Å². The van der Waals surface area contributed by atoms with Crippen molar-refractivity contribution in [3.63, 3.8) is 0 Å². The SMILES string of the molecule is CCCCC/C(=C\c1ccccc1)CN(C(=O)Nc1cccc(Br)c1)C(C)c1ccccc1. The molecule has 1 N–H and O–H groups in total. The summed E-state index contributed by atoms with van der Waals surface area (Å²) < 4.78 is 0.937. The number of nitrogens with one attached hydrogen (secondary N) is 1. The Balaban J connectivity index is 1.89. The molecule has 0 spiro atoms. The smallest absolute Gasteiger partial charge is 0.314 e. The summed E-state index contributed by atoms with van der Waals surface area (Å²) in [6, 6.07) is 28.2. The number of anilines is 1. The van der Waals surface area contributed by atoms with E-state index in [0.29, 0.717) is 6.54 Å². The molecule has 3 aromatic carbocycles. The number of halogens is 1. The van der Waals surface area contributed by atoms with Crippen LogP contribution in [0.25, 0.3) is 6.08 Å². The van der Waals surface area contributed by atoms with Gasteiger partial charge >= 0.3 is 6.03 Å². The van der Waals surface area contributed by atoms with Crippen molar-refractivity contribution in [1.82, 2.24) is 4.90 Å². The van der Waals surface area contributed by atoms with Gasteiger partial charge in [0.15, 0.2) is 0 Å². The Morgan fingerprint density at radius 1 is 0.970 bits per heavy atom. The first-order valence-corrected chi connectivity index (χ1v) is 12.5. The van der Waals surface area contributed by atoms with E-state index in [1.54, 1.807) is 0 Å². The number of carbonyl (C=O) groups is 1. The van der Waals surface area contributed by atoms with Crippen LogP contribution in [0.15, 0.2) is 95.0 Å². The Kier molecular flexibility index (Phi) is 9.77. The molecule has 0 heterocycles. The van der Waals surface area contributed by atoms with Crippen LogP contribution in [-0.2, 0) is 0 Å². The molecular formula is C29H33BrN2O. The van der Waals surface area contributed by atoms with Gasteiger partial charge in [-0.3, -0.25) is 0 Å². The van der Waals surface area contributed by atoms with E-state index in [-0.39, 0.29) is 12.1 Å². The second kappa shape index (κ2) is 13.0. The van der Waals surface area contributed by atoms with E-state index in [2.05, 4.69) is 77.6 Å². The lowest BCUT2D eigenvalue weighted by Gasteiger charge is -2.31. The van der Waals surface area contributed by atoms with Crippen LogP contribution in [0.3, 0.4) is 0 Å². The van der Waals surface area contributed by atoms with Gasteiger partial charge < -0.3 is 10.2 Å². The molecule has 0 fully saturated rings. The second-order valence-corrected chi connectivity index (χ2v) is 9.24. The molecule has 0 aromatic heterocycles. The van der Waals surface area contributed by atoms with Crippen molar-refractivity contribution in [1.29, 1.82) is 0 Å². The fourth-order valence-electron chi connectivity index (χ4n) is 3.86. The zero-order valence-corrected chi connectivity index (χ0v) is 21.1. The third-order valence-corrected chi connectivity index (χ3v) is 6.22. The number of nitrogens with zero attached hydrogens (tertiary/aromatic N) is 1. The Morgan fingerprint density at radius 3 is 2.33 bits per heavy atom. The largest absolute Gasteiger partial charge is 0.322 e. The van der Waals surface area contributed by atoms with E-state index in [4.69, 9.17) is 0 Å². The van der Waals surface area contributed by atoms with Crippen LogP contribution in [0.2, 0.25) is 0 Å². The summed E-state index contributed by atoms with van der Waals surface area (Å²) in [5, 5.41) is 3.10. The summed E-state index contributed by atoms with van der Waals surface area (Å²) in [6.45, 7) is 4.90. The Hall–Kier alpha value is -2.85. The number of urea groups is 1. The van der Waals surface area contributed by atoms with Gasteiger partial charge in [0.25, 0.3) is 0 Å². The van der Waals surface area contributed by atoms with E-state index >= 15 is 0 Å². The van der Waals surface area contributed by atoms with Crippen LogP contribution in [0.5, 0.6) is 0 Å². The summed E-state index contributed by atoms with van der Waals surface area (Å²) in [7, 11) is 0. The average Bonchev–Trinajstić information content (AvgIpc) is 2.83. The highest BCUT2D eigenvalue weighted by Crippen LogP contribution is 2.25. The lowest BCUT2D eigenvalue weighted by Crippen LogP contribution is -2.38. The molecule has 0 radical (unpaired) electrons. The minimum Gasteiger partial charge on any atom is -0.314 e. The van der Waals surface area contributed by atoms with Gasteiger partial charge in [0, 0.05) is 16.7 Å². The number of hydrogen-bond acceptors (Lipinski definition) is 1. The average molecular weight is 506 g/mol. The van der Waals surface area contributed by atoms with E-state index in [1.165, 1.54) is 24.0 Å². The minimum absolute atomic E-state index is 0.0660. The van der Waals surface area contributed by atoms with Crippen molar-refractivity contribution in [3.8, 4) is 0 Å². The lowest BCUT2D eigenvalue weighted by molar-refractivity contribution is 0.198. The topological polar surface area (TPSA) is 32.3 Å². The maximum Gasteiger partial charge on any atom is 0.322 e. The molecule has 3 aromatic rings. The van der Waals surface area contributed by atoms with Crippen LogP contribution < -0.4 is 5.32 Å². The Bertz CT molecular complexity index is 1030. The first-order valence-electron chi connectivity index (χ1n) is 11.7. The van der Waals surface area contributed by atoms with Crippen molar-refractivity contribution in [2.45, 2.75) is 45.6 Å². The maximum absolute atomic E-state index is 13.5. The van der Waals surface area contributed by atoms with Crippen molar-refractivity contribution < 1.29 is 4.79 Å². The summed E-state index contributed by atoms with van der Waals surface area (Å²) in [6.07, 6.45) is 6.70. The number of unbranched alkanes of at least 4 members (excludes halogenated alkanes) is 2. The van der Waals surface area contributed by atoms with Gasteiger partial charge in [-0.2, -0.15) is 0 Å². The predicted molar refractivity (Wildman–Crippen MR) is 143 cm³/mol. The van der Waals surface area contributed by atoms with Crippen LogP contribution in [-0.4, -0.2) is 17.5 Å². The van der Waals surface area contributed by atoms with Gasteiger partial charge in [-0.1, -0.05) is 114 Å². The molecule has 0 aliphatic carbocycles. The van der Waals surface area contributed by atoms with Crippen molar-refractivity contribution in [2.24, 2.45) is 0 Å². The third kappa shape index (κ3) is 7.90. The summed E-state index contributed by atoms with van der Waals surface area (Å²) in [5.41, 5.74) is 4.33. The monoisotopic (exact) mass is 504 g/mol. The number of carbonyl (C=O) groups excluding carboxylic acids is 1.